The Balaban J connectivity index is 1.71. The van der Waals surface area contributed by atoms with E-state index in [9.17, 15) is 9.90 Å². The number of anilines is 2. The third kappa shape index (κ3) is 3.79. The fraction of sp³-hybridized carbons (Fsp3) is 0.0455. The van der Waals surface area contributed by atoms with Gasteiger partial charge in [0.25, 0.3) is 5.91 Å². The smallest absolute Gasteiger partial charge is 0.276 e. The van der Waals surface area contributed by atoms with E-state index < -0.39 is 0 Å². The molecule has 0 unspecified atom stereocenters. The van der Waals surface area contributed by atoms with Crippen molar-refractivity contribution in [1.82, 2.24) is 14.8 Å². The molecule has 0 radical (unpaired) electrons. The molecule has 1 amide bonds. The van der Waals surface area contributed by atoms with E-state index in [1.54, 1.807) is 42.3 Å². The predicted octanol–water partition coefficient (Wildman–Crippen LogP) is 3.93. The van der Waals surface area contributed by atoms with Crippen molar-refractivity contribution in [3.8, 4) is 22.7 Å². The van der Waals surface area contributed by atoms with E-state index >= 15 is 0 Å². The van der Waals surface area contributed by atoms with Crippen LogP contribution in [-0.4, -0.2) is 32.8 Å². The lowest BCUT2D eigenvalue weighted by Gasteiger charge is -2.08. The fourth-order valence-electron chi connectivity index (χ4n) is 3.00. The maximum Gasteiger partial charge on any atom is 0.276 e. The van der Waals surface area contributed by atoms with Crippen LogP contribution in [0.3, 0.4) is 0 Å². The highest BCUT2D eigenvalue weighted by Crippen LogP contribution is 2.27. The highest BCUT2D eigenvalue weighted by atomic mass is 16.3. The van der Waals surface area contributed by atoms with Gasteiger partial charge in [0.15, 0.2) is 5.69 Å². The predicted molar refractivity (Wildman–Crippen MR) is 112 cm³/mol. The molecule has 0 bridgehead atoms. The van der Waals surface area contributed by atoms with Crippen LogP contribution in [-0.2, 0) is 0 Å². The number of pyridine rings is 1. The lowest BCUT2D eigenvalue weighted by Crippen LogP contribution is -2.13. The van der Waals surface area contributed by atoms with Crippen molar-refractivity contribution in [3.63, 3.8) is 0 Å². The molecule has 144 valence electrons. The molecule has 2 heterocycles. The van der Waals surface area contributed by atoms with Crippen LogP contribution in [0.5, 0.6) is 5.75 Å². The summed E-state index contributed by atoms with van der Waals surface area (Å²) in [4.78, 5) is 16.9. The van der Waals surface area contributed by atoms with E-state index in [0.717, 1.165) is 16.9 Å². The lowest BCUT2D eigenvalue weighted by atomic mass is 10.1. The fourth-order valence-corrected chi connectivity index (χ4v) is 3.00. The number of amides is 1. The van der Waals surface area contributed by atoms with Crippen LogP contribution in [0.15, 0.2) is 79.1 Å². The zero-order valence-corrected chi connectivity index (χ0v) is 15.7. The maximum absolute atomic E-state index is 12.8. The van der Waals surface area contributed by atoms with Gasteiger partial charge in [-0.2, -0.15) is 5.10 Å². The Morgan fingerprint density at radius 2 is 1.76 bits per heavy atom. The quantitative estimate of drug-likeness (QED) is 0.358. The molecule has 0 atom stereocenters. The summed E-state index contributed by atoms with van der Waals surface area (Å²) in [5.41, 5.74) is 3.88. The van der Waals surface area contributed by atoms with Crippen molar-refractivity contribution >= 4 is 17.3 Å². The van der Waals surface area contributed by atoms with Crippen LogP contribution < -0.4 is 10.6 Å². The van der Waals surface area contributed by atoms with Gasteiger partial charge in [0, 0.05) is 30.7 Å². The minimum Gasteiger partial charge on any atom is -0.506 e. The van der Waals surface area contributed by atoms with Gasteiger partial charge < -0.3 is 15.7 Å². The van der Waals surface area contributed by atoms with Gasteiger partial charge in [0.05, 0.1) is 17.1 Å². The Bertz CT molecular complexity index is 1080. The number of aromatic hydroxyl groups is 1. The summed E-state index contributed by atoms with van der Waals surface area (Å²) >= 11 is 0. The number of phenolic OH excluding ortho intramolecular Hbond substituents is 1. The summed E-state index contributed by atoms with van der Waals surface area (Å²) in [6.07, 6.45) is 3.40. The van der Waals surface area contributed by atoms with E-state index in [0.29, 0.717) is 11.4 Å². The van der Waals surface area contributed by atoms with Gasteiger partial charge in [0.2, 0.25) is 0 Å². The average molecular weight is 385 g/mol. The molecule has 0 spiro atoms. The molecular formula is C22H19N5O2. The first kappa shape index (κ1) is 18.2. The number of rotatable bonds is 5. The van der Waals surface area contributed by atoms with E-state index in [-0.39, 0.29) is 17.4 Å². The largest absolute Gasteiger partial charge is 0.506 e. The number of benzene rings is 2. The molecule has 0 fully saturated rings. The molecule has 2 aromatic carbocycles. The number of phenols is 1. The van der Waals surface area contributed by atoms with Gasteiger partial charge in [-0.25, -0.2) is 4.68 Å². The van der Waals surface area contributed by atoms with Crippen LogP contribution >= 0.6 is 0 Å². The molecule has 4 rings (SSSR count). The molecular weight excluding hydrogens is 366 g/mol. The topological polar surface area (TPSA) is 92.1 Å². The third-order valence-corrected chi connectivity index (χ3v) is 4.44. The van der Waals surface area contributed by atoms with E-state index in [2.05, 4.69) is 20.7 Å². The van der Waals surface area contributed by atoms with Crippen molar-refractivity contribution in [2.75, 3.05) is 17.7 Å². The number of aromatic nitrogens is 3. The molecule has 3 N–H and O–H groups in total. The van der Waals surface area contributed by atoms with E-state index in [4.69, 9.17) is 0 Å². The highest BCUT2D eigenvalue weighted by Gasteiger charge is 2.17. The summed E-state index contributed by atoms with van der Waals surface area (Å²) in [5.74, 6) is -0.235. The second-order valence-corrected chi connectivity index (χ2v) is 6.33. The van der Waals surface area contributed by atoms with Crippen molar-refractivity contribution in [1.29, 1.82) is 0 Å². The standard InChI is InChI=1S/C22H19N5O2/c1-23-18-13-16(7-8-21(18)28)25-22(29)19-14-20(15-9-11-24-12-10-15)27(26-19)17-5-3-2-4-6-17/h2-14,23,28H,1H3,(H,25,29). The van der Waals surface area contributed by atoms with Gasteiger partial charge in [0.1, 0.15) is 5.75 Å². The summed E-state index contributed by atoms with van der Waals surface area (Å²) in [6.45, 7) is 0. The van der Waals surface area contributed by atoms with E-state index in [1.807, 2.05) is 42.5 Å². The minimum absolute atomic E-state index is 0.110. The van der Waals surface area contributed by atoms with Gasteiger partial charge in [-0.1, -0.05) is 18.2 Å². The van der Waals surface area contributed by atoms with Crippen molar-refractivity contribution in [3.05, 3.63) is 84.8 Å². The molecule has 2 aromatic heterocycles. The summed E-state index contributed by atoms with van der Waals surface area (Å²) in [5, 5.41) is 20.0. The van der Waals surface area contributed by atoms with Gasteiger partial charge >= 0.3 is 0 Å². The number of hydrogen-bond acceptors (Lipinski definition) is 5. The first-order valence-corrected chi connectivity index (χ1v) is 9.04. The molecule has 0 aliphatic heterocycles. The molecule has 7 heteroatoms. The molecule has 7 nitrogen and oxygen atoms in total. The number of nitrogens with zero attached hydrogens (tertiary/aromatic N) is 3. The van der Waals surface area contributed by atoms with Crippen LogP contribution in [0, 0.1) is 0 Å². The SMILES string of the molecule is CNc1cc(NC(=O)c2cc(-c3ccncc3)n(-c3ccccc3)n2)ccc1O. The average Bonchev–Trinajstić information content (AvgIpc) is 3.22. The van der Waals surface area contributed by atoms with Crippen LogP contribution in [0.25, 0.3) is 16.9 Å². The molecule has 0 aliphatic carbocycles. The summed E-state index contributed by atoms with van der Waals surface area (Å²) in [6, 6.07) is 19.9. The molecule has 0 saturated carbocycles. The first-order valence-electron chi connectivity index (χ1n) is 9.04. The number of nitrogens with one attached hydrogen (secondary N) is 2. The van der Waals surface area contributed by atoms with E-state index in [1.165, 1.54) is 6.07 Å². The molecule has 0 aliphatic rings. The van der Waals surface area contributed by atoms with Gasteiger partial charge in [-0.15, -0.1) is 0 Å². The molecule has 29 heavy (non-hydrogen) atoms. The second kappa shape index (κ2) is 7.85. The Labute approximate surface area is 167 Å². The van der Waals surface area contributed by atoms with Crippen LogP contribution in [0.2, 0.25) is 0 Å². The van der Waals surface area contributed by atoms with Gasteiger partial charge in [-0.3, -0.25) is 9.78 Å². The van der Waals surface area contributed by atoms with Crippen LogP contribution in [0.4, 0.5) is 11.4 Å². The second-order valence-electron chi connectivity index (χ2n) is 6.33. The number of carbonyl (C=O) groups is 1. The number of para-hydroxylation sites is 1. The monoisotopic (exact) mass is 385 g/mol. The van der Waals surface area contributed by atoms with Gasteiger partial charge in [-0.05, 0) is 48.5 Å². The zero-order valence-electron chi connectivity index (χ0n) is 15.7. The minimum atomic E-state index is -0.345. The number of carbonyl (C=O) groups excluding carboxylic acids is 1. The Morgan fingerprint density at radius 3 is 2.48 bits per heavy atom. The highest BCUT2D eigenvalue weighted by molar-refractivity contribution is 6.04. The Morgan fingerprint density at radius 1 is 1.00 bits per heavy atom. The Kier molecular flexibility index (Phi) is 4.94. The molecule has 0 saturated heterocycles. The van der Waals surface area contributed by atoms with Crippen molar-refractivity contribution < 1.29 is 9.90 Å². The number of hydrogen-bond donors (Lipinski definition) is 3. The van der Waals surface area contributed by atoms with Crippen LogP contribution in [0.1, 0.15) is 10.5 Å². The molecule has 4 aromatic rings. The maximum atomic E-state index is 12.8. The third-order valence-electron chi connectivity index (χ3n) is 4.44. The zero-order chi connectivity index (χ0) is 20.2. The lowest BCUT2D eigenvalue weighted by molar-refractivity contribution is 0.102. The van der Waals surface area contributed by atoms with Crippen molar-refractivity contribution in [2.45, 2.75) is 0 Å². The Hall–Kier alpha value is -4.13. The summed E-state index contributed by atoms with van der Waals surface area (Å²) in [7, 11) is 1.70. The first-order chi connectivity index (χ1) is 14.2. The summed E-state index contributed by atoms with van der Waals surface area (Å²) < 4.78 is 1.74. The normalized spacial score (nSPS) is 10.5. The van der Waals surface area contributed by atoms with Crippen molar-refractivity contribution in [2.24, 2.45) is 0 Å².